The number of aromatic amines is 1. The van der Waals surface area contributed by atoms with E-state index in [0.717, 1.165) is 29.7 Å². The van der Waals surface area contributed by atoms with Crippen LogP contribution in [0, 0.1) is 0 Å². The molecule has 2 heterocycles. The van der Waals surface area contributed by atoms with Crippen molar-refractivity contribution in [2.45, 2.75) is 58.1 Å². The number of piperidine rings is 1. The van der Waals surface area contributed by atoms with Gasteiger partial charge >= 0.3 is 6.09 Å². The fourth-order valence-electron chi connectivity index (χ4n) is 3.25. The van der Waals surface area contributed by atoms with Gasteiger partial charge in [0.2, 0.25) is 5.91 Å². The molecule has 2 amide bonds. The Morgan fingerprint density at radius 2 is 1.96 bits per heavy atom. The van der Waals surface area contributed by atoms with Crippen molar-refractivity contribution in [3.05, 3.63) is 30.1 Å². The van der Waals surface area contributed by atoms with E-state index in [1.165, 1.54) is 0 Å². The lowest BCUT2D eigenvalue weighted by Gasteiger charge is -2.33. The van der Waals surface area contributed by atoms with Crippen LogP contribution >= 0.6 is 0 Å². The molecule has 7 nitrogen and oxygen atoms in total. The Bertz CT molecular complexity index is 768. The monoisotopic (exact) mass is 372 g/mol. The number of carbonyl (C=O) groups is 2. The second-order valence-electron chi connectivity index (χ2n) is 8.00. The molecule has 27 heavy (non-hydrogen) atoms. The van der Waals surface area contributed by atoms with Crippen LogP contribution in [-0.4, -0.2) is 51.6 Å². The van der Waals surface area contributed by atoms with E-state index in [-0.39, 0.29) is 11.9 Å². The molecule has 1 aliphatic rings. The summed E-state index contributed by atoms with van der Waals surface area (Å²) in [7, 11) is 0. The van der Waals surface area contributed by atoms with Gasteiger partial charge in [-0.15, -0.1) is 0 Å². The van der Waals surface area contributed by atoms with Crippen LogP contribution in [0.15, 0.2) is 24.3 Å². The fraction of sp³-hybridized carbons (Fsp3) is 0.550. The summed E-state index contributed by atoms with van der Waals surface area (Å²) in [6.45, 7) is 6.83. The zero-order valence-corrected chi connectivity index (χ0v) is 16.2. The van der Waals surface area contributed by atoms with Crippen LogP contribution in [0.2, 0.25) is 0 Å². The van der Waals surface area contributed by atoms with Crippen LogP contribution in [0.1, 0.15) is 45.9 Å². The summed E-state index contributed by atoms with van der Waals surface area (Å²) in [6.07, 6.45) is 2.14. The Hall–Kier alpha value is -2.57. The Labute approximate surface area is 159 Å². The number of ether oxygens (including phenoxy) is 1. The van der Waals surface area contributed by atoms with Crippen molar-refractivity contribution in [1.29, 1.82) is 0 Å². The Morgan fingerprint density at radius 3 is 2.63 bits per heavy atom. The molecular weight excluding hydrogens is 344 g/mol. The molecular formula is C20H28N4O3. The van der Waals surface area contributed by atoms with E-state index in [9.17, 15) is 9.59 Å². The lowest BCUT2D eigenvalue weighted by atomic mass is 10.0. The molecule has 1 aromatic carbocycles. The summed E-state index contributed by atoms with van der Waals surface area (Å²) in [5.74, 6) is 0.970. The number of likely N-dealkylation sites (tertiary alicyclic amines) is 1. The summed E-state index contributed by atoms with van der Waals surface area (Å²) < 4.78 is 5.29. The number of hydrogen-bond donors (Lipinski definition) is 2. The maximum atomic E-state index is 12.5. The van der Waals surface area contributed by atoms with Crippen LogP contribution in [0.25, 0.3) is 11.0 Å². The molecule has 0 bridgehead atoms. The molecule has 0 spiro atoms. The van der Waals surface area contributed by atoms with Gasteiger partial charge in [0.05, 0.1) is 11.0 Å². The van der Waals surface area contributed by atoms with Gasteiger partial charge in [-0.3, -0.25) is 4.79 Å². The highest BCUT2D eigenvalue weighted by molar-refractivity contribution is 5.77. The molecule has 0 unspecified atom stereocenters. The van der Waals surface area contributed by atoms with E-state index in [0.29, 0.717) is 25.9 Å². The van der Waals surface area contributed by atoms with E-state index < -0.39 is 11.7 Å². The molecule has 0 saturated carbocycles. The van der Waals surface area contributed by atoms with Crippen molar-refractivity contribution < 1.29 is 14.3 Å². The van der Waals surface area contributed by atoms with Crippen LogP contribution < -0.4 is 5.32 Å². The van der Waals surface area contributed by atoms with E-state index in [2.05, 4.69) is 15.3 Å². The highest BCUT2D eigenvalue weighted by Crippen LogP contribution is 2.15. The molecule has 0 radical (unpaired) electrons. The minimum Gasteiger partial charge on any atom is -0.444 e. The number of rotatable bonds is 4. The number of amides is 2. The minimum atomic E-state index is -0.503. The molecule has 7 heteroatoms. The second kappa shape index (κ2) is 7.98. The topological polar surface area (TPSA) is 87.3 Å². The molecule has 1 fully saturated rings. The summed E-state index contributed by atoms with van der Waals surface area (Å²) in [6, 6.07) is 7.91. The number of alkyl carbamates (subject to hydrolysis) is 1. The minimum absolute atomic E-state index is 0.0549. The highest BCUT2D eigenvalue weighted by atomic mass is 16.6. The van der Waals surface area contributed by atoms with Gasteiger partial charge in [-0.2, -0.15) is 0 Å². The van der Waals surface area contributed by atoms with Crippen LogP contribution in [0.3, 0.4) is 0 Å². The van der Waals surface area contributed by atoms with Crippen molar-refractivity contribution in [3.8, 4) is 0 Å². The predicted octanol–water partition coefficient (Wildman–Crippen LogP) is 3.01. The number of aromatic nitrogens is 2. The number of para-hydroxylation sites is 2. The van der Waals surface area contributed by atoms with E-state index >= 15 is 0 Å². The van der Waals surface area contributed by atoms with Crippen molar-refractivity contribution >= 4 is 23.0 Å². The standard InChI is InChI=1S/C20H28N4O3/c1-20(2,3)27-19(26)21-14-10-12-24(13-11-14)18(25)9-8-17-22-15-6-4-5-7-16(15)23-17/h4-7,14H,8-13H2,1-3H3,(H,21,26)(H,22,23). The number of imidazole rings is 1. The normalized spacial score (nSPS) is 15.7. The maximum absolute atomic E-state index is 12.5. The molecule has 1 aromatic heterocycles. The number of nitrogens with zero attached hydrogens (tertiary/aromatic N) is 2. The first-order valence-corrected chi connectivity index (χ1v) is 9.51. The summed E-state index contributed by atoms with van der Waals surface area (Å²) in [5.41, 5.74) is 1.42. The zero-order chi connectivity index (χ0) is 19.4. The molecule has 1 saturated heterocycles. The van der Waals surface area contributed by atoms with Crippen molar-refractivity contribution in [1.82, 2.24) is 20.2 Å². The first-order chi connectivity index (χ1) is 12.8. The molecule has 146 valence electrons. The quantitative estimate of drug-likeness (QED) is 0.864. The lowest BCUT2D eigenvalue weighted by molar-refractivity contribution is -0.132. The average Bonchev–Trinajstić information content (AvgIpc) is 3.01. The smallest absolute Gasteiger partial charge is 0.407 e. The number of fused-ring (bicyclic) bond motifs is 1. The number of aryl methyl sites for hydroxylation is 1. The predicted molar refractivity (Wildman–Crippen MR) is 103 cm³/mol. The first kappa shape index (κ1) is 19.2. The number of hydrogen-bond acceptors (Lipinski definition) is 4. The van der Waals surface area contributed by atoms with Crippen molar-refractivity contribution in [2.75, 3.05) is 13.1 Å². The Kier molecular flexibility index (Phi) is 5.68. The van der Waals surface area contributed by atoms with Crippen LogP contribution in [-0.2, 0) is 16.0 Å². The van der Waals surface area contributed by atoms with Crippen molar-refractivity contribution in [3.63, 3.8) is 0 Å². The SMILES string of the molecule is CC(C)(C)OC(=O)NC1CCN(C(=O)CCc2nc3ccccc3[nH]2)CC1. The van der Waals surface area contributed by atoms with Crippen LogP contribution in [0.5, 0.6) is 0 Å². The molecule has 3 rings (SSSR count). The van der Waals surface area contributed by atoms with Gasteiger partial charge in [0.1, 0.15) is 11.4 Å². The third kappa shape index (κ3) is 5.45. The number of nitrogens with one attached hydrogen (secondary N) is 2. The van der Waals surface area contributed by atoms with E-state index in [4.69, 9.17) is 4.74 Å². The maximum Gasteiger partial charge on any atom is 0.407 e. The van der Waals surface area contributed by atoms with Gasteiger partial charge in [-0.1, -0.05) is 12.1 Å². The summed E-state index contributed by atoms with van der Waals surface area (Å²) in [4.78, 5) is 34.0. The van der Waals surface area contributed by atoms with Gasteiger partial charge in [0.15, 0.2) is 0 Å². The second-order valence-corrected chi connectivity index (χ2v) is 8.00. The Morgan fingerprint density at radius 1 is 1.26 bits per heavy atom. The van der Waals surface area contributed by atoms with E-state index in [1.54, 1.807) is 0 Å². The first-order valence-electron chi connectivity index (χ1n) is 9.51. The summed E-state index contributed by atoms with van der Waals surface area (Å²) >= 11 is 0. The zero-order valence-electron chi connectivity index (χ0n) is 16.2. The fourth-order valence-corrected chi connectivity index (χ4v) is 3.25. The number of benzene rings is 1. The van der Waals surface area contributed by atoms with Gasteiger partial charge in [0, 0.05) is 32.0 Å². The molecule has 0 atom stereocenters. The molecule has 1 aliphatic heterocycles. The van der Waals surface area contributed by atoms with Gasteiger partial charge < -0.3 is 19.9 Å². The highest BCUT2D eigenvalue weighted by Gasteiger charge is 2.25. The molecule has 0 aliphatic carbocycles. The van der Waals surface area contributed by atoms with Gasteiger partial charge in [0.25, 0.3) is 0 Å². The average molecular weight is 372 g/mol. The molecule has 2 aromatic rings. The third-order valence-electron chi connectivity index (χ3n) is 4.58. The van der Waals surface area contributed by atoms with E-state index in [1.807, 2.05) is 49.9 Å². The van der Waals surface area contributed by atoms with Crippen LogP contribution in [0.4, 0.5) is 4.79 Å². The number of H-pyrrole nitrogens is 1. The lowest BCUT2D eigenvalue weighted by Crippen LogP contribution is -2.47. The summed E-state index contributed by atoms with van der Waals surface area (Å²) in [5, 5.41) is 2.89. The Balaban J connectivity index is 1.42. The largest absolute Gasteiger partial charge is 0.444 e. The number of carbonyl (C=O) groups excluding carboxylic acids is 2. The van der Waals surface area contributed by atoms with Gasteiger partial charge in [-0.05, 0) is 45.7 Å². The molecule has 2 N–H and O–H groups in total. The van der Waals surface area contributed by atoms with Gasteiger partial charge in [-0.25, -0.2) is 9.78 Å². The third-order valence-corrected chi connectivity index (χ3v) is 4.58. The van der Waals surface area contributed by atoms with Crippen molar-refractivity contribution in [2.24, 2.45) is 0 Å².